The molecule has 26 heavy (non-hydrogen) atoms. The maximum absolute atomic E-state index is 12.6. The van der Waals surface area contributed by atoms with Gasteiger partial charge in [0.25, 0.3) is 5.91 Å². The number of carboxylic acids is 1. The first-order chi connectivity index (χ1) is 12.5. The molecule has 0 radical (unpaired) electrons. The molecule has 0 aromatic heterocycles. The molecule has 2 aromatic rings. The van der Waals surface area contributed by atoms with Crippen LogP contribution in [0.4, 0.5) is 5.69 Å². The van der Waals surface area contributed by atoms with Crippen molar-refractivity contribution in [1.82, 2.24) is 4.90 Å². The first kappa shape index (κ1) is 18.1. The molecular weight excluding hydrogens is 356 g/mol. The van der Waals surface area contributed by atoms with Crippen LogP contribution in [-0.2, 0) is 4.79 Å². The van der Waals surface area contributed by atoms with Crippen LogP contribution in [-0.4, -0.2) is 54.7 Å². The number of amides is 1. The number of halogens is 1. The van der Waals surface area contributed by atoms with Crippen LogP contribution in [0.5, 0.6) is 5.75 Å². The molecule has 6 nitrogen and oxygen atoms in total. The Hall–Kier alpha value is -2.73. The van der Waals surface area contributed by atoms with Crippen molar-refractivity contribution in [2.45, 2.75) is 0 Å². The minimum atomic E-state index is -1.04. The van der Waals surface area contributed by atoms with Gasteiger partial charge >= 0.3 is 5.97 Å². The van der Waals surface area contributed by atoms with E-state index in [0.29, 0.717) is 29.4 Å². The Bertz CT molecular complexity index is 786. The Labute approximate surface area is 156 Å². The fourth-order valence-electron chi connectivity index (χ4n) is 2.86. The van der Waals surface area contributed by atoms with Crippen LogP contribution < -0.4 is 9.64 Å². The van der Waals surface area contributed by atoms with Crippen molar-refractivity contribution in [3.63, 3.8) is 0 Å². The van der Waals surface area contributed by atoms with Gasteiger partial charge in [0.1, 0.15) is 5.75 Å². The summed E-state index contributed by atoms with van der Waals surface area (Å²) in [5, 5.41) is 9.31. The minimum Gasteiger partial charge on any atom is -0.482 e. The predicted octanol–water partition coefficient (Wildman–Crippen LogP) is 2.77. The summed E-state index contributed by atoms with van der Waals surface area (Å²) in [6.07, 6.45) is 0. The molecule has 1 aliphatic heterocycles. The summed E-state index contributed by atoms with van der Waals surface area (Å²) in [7, 11) is 0. The molecule has 2 aromatic carbocycles. The average Bonchev–Trinajstić information content (AvgIpc) is 2.66. The predicted molar refractivity (Wildman–Crippen MR) is 99.1 cm³/mol. The second kappa shape index (κ2) is 8.10. The van der Waals surface area contributed by atoms with E-state index in [1.807, 2.05) is 29.2 Å². The van der Waals surface area contributed by atoms with Crippen LogP contribution >= 0.6 is 11.6 Å². The Morgan fingerprint density at radius 2 is 1.73 bits per heavy atom. The zero-order valence-electron chi connectivity index (χ0n) is 14.1. The highest BCUT2D eigenvalue weighted by Gasteiger charge is 2.22. The number of hydrogen-bond donors (Lipinski definition) is 1. The summed E-state index contributed by atoms with van der Waals surface area (Å²) < 4.78 is 5.08. The van der Waals surface area contributed by atoms with E-state index in [1.165, 1.54) is 0 Å². The van der Waals surface area contributed by atoms with Gasteiger partial charge in [-0.1, -0.05) is 17.7 Å². The van der Waals surface area contributed by atoms with E-state index < -0.39 is 12.6 Å². The number of carboxylic acid groups (broad SMARTS) is 1. The number of hydrogen-bond acceptors (Lipinski definition) is 4. The van der Waals surface area contributed by atoms with E-state index in [1.54, 1.807) is 24.3 Å². The number of carbonyl (C=O) groups is 2. The molecule has 0 atom stereocenters. The van der Waals surface area contributed by atoms with Crippen LogP contribution in [0.1, 0.15) is 10.4 Å². The fourth-order valence-corrected chi connectivity index (χ4v) is 3.05. The van der Waals surface area contributed by atoms with Gasteiger partial charge in [0.15, 0.2) is 6.61 Å². The number of nitrogens with zero attached hydrogens (tertiary/aromatic N) is 2. The minimum absolute atomic E-state index is 0.0412. The zero-order chi connectivity index (χ0) is 18.5. The highest BCUT2D eigenvalue weighted by molar-refractivity contribution is 6.30. The number of piperazine rings is 1. The van der Waals surface area contributed by atoms with Gasteiger partial charge in [-0.05, 0) is 42.5 Å². The Balaban J connectivity index is 1.57. The molecule has 136 valence electrons. The van der Waals surface area contributed by atoms with Crippen molar-refractivity contribution in [2.75, 3.05) is 37.7 Å². The number of anilines is 1. The zero-order valence-corrected chi connectivity index (χ0v) is 14.9. The van der Waals surface area contributed by atoms with Gasteiger partial charge in [0.2, 0.25) is 0 Å². The Morgan fingerprint density at radius 3 is 2.35 bits per heavy atom. The third-order valence-electron chi connectivity index (χ3n) is 4.20. The Kier molecular flexibility index (Phi) is 5.63. The third-order valence-corrected chi connectivity index (χ3v) is 4.44. The van der Waals surface area contributed by atoms with Crippen molar-refractivity contribution in [3.8, 4) is 5.75 Å². The first-order valence-corrected chi connectivity index (χ1v) is 8.65. The molecule has 1 amide bonds. The summed E-state index contributed by atoms with van der Waals surface area (Å²) in [5.74, 6) is -0.655. The second-order valence-electron chi connectivity index (χ2n) is 5.97. The summed E-state index contributed by atoms with van der Waals surface area (Å²) in [5.41, 5.74) is 1.62. The quantitative estimate of drug-likeness (QED) is 0.871. The number of carbonyl (C=O) groups excluding carboxylic acids is 1. The maximum Gasteiger partial charge on any atom is 0.341 e. The molecule has 1 saturated heterocycles. The monoisotopic (exact) mass is 374 g/mol. The summed E-state index contributed by atoms with van der Waals surface area (Å²) in [6.45, 7) is 2.34. The molecule has 3 rings (SSSR count). The average molecular weight is 375 g/mol. The van der Waals surface area contributed by atoms with E-state index in [9.17, 15) is 9.59 Å². The van der Waals surface area contributed by atoms with Gasteiger partial charge in [-0.15, -0.1) is 0 Å². The standard InChI is InChI=1S/C19H19ClN2O4/c20-15-2-1-3-16(12-15)21-8-10-22(11-9-21)19(25)14-4-6-17(7-5-14)26-13-18(23)24/h1-7,12H,8-11,13H2,(H,23,24). The molecule has 1 N–H and O–H groups in total. The van der Waals surface area contributed by atoms with E-state index in [2.05, 4.69) is 4.90 Å². The first-order valence-electron chi connectivity index (χ1n) is 8.27. The van der Waals surface area contributed by atoms with Crippen LogP contribution in [0, 0.1) is 0 Å². The molecular formula is C19H19ClN2O4. The SMILES string of the molecule is O=C(O)COc1ccc(C(=O)N2CCN(c3cccc(Cl)c3)CC2)cc1. The molecule has 1 aliphatic rings. The molecule has 0 spiro atoms. The third kappa shape index (κ3) is 4.46. The molecule has 0 bridgehead atoms. The summed E-state index contributed by atoms with van der Waals surface area (Å²) in [4.78, 5) is 27.2. The number of rotatable bonds is 5. The lowest BCUT2D eigenvalue weighted by Gasteiger charge is -2.36. The molecule has 7 heteroatoms. The van der Waals surface area contributed by atoms with Gasteiger partial charge in [0, 0.05) is 42.5 Å². The highest BCUT2D eigenvalue weighted by Crippen LogP contribution is 2.21. The van der Waals surface area contributed by atoms with Gasteiger partial charge in [-0.2, -0.15) is 0 Å². The molecule has 0 unspecified atom stereocenters. The van der Waals surface area contributed by atoms with Crippen molar-refractivity contribution >= 4 is 29.2 Å². The highest BCUT2D eigenvalue weighted by atomic mass is 35.5. The van der Waals surface area contributed by atoms with Gasteiger partial charge in [0.05, 0.1) is 0 Å². The smallest absolute Gasteiger partial charge is 0.341 e. The Morgan fingerprint density at radius 1 is 1.04 bits per heavy atom. The molecule has 0 saturated carbocycles. The summed E-state index contributed by atoms with van der Waals surface area (Å²) >= 11 is 6.04. The van der Waals surface area contributed by atoms with Crippen molar-refractivity contribution in [2.24, 2.45) is 0 Å². The fraction of sp³-hybridized carbons (Fsp3) is 0.263. The van der Waals surface area contributed by atoms with E-state index in [-0.39, 0.29) is 5.91 Å². The van der Waals surface area contributed by atoms with E-state index in [0.717, 1.165) is 18.8 Å². The normalized spacial score (nSPS) is 14.2. The number of aliphatic carboxylic acids is 1. The number of ether oxygens (including phenoxy) is 1. The second-order valence-corrected chi connectivity index (χ2v) is 6.40. The van der Waals surface area contributed by atoms with Crippen LogP contribution in [0.3, 0.4) is 0 Å². The molecule has 1 heterocycles. The lowest BCUT2D eigenvalue weighted by Crippen LogP contribution is -2.48. The molecule has 1 fully saturated rings. The summed E-state index contributed by atoms with van der Waals surface area (Å²) in [6, 6.07) is 14.2. The van der Waals surface area contributed by atoms with Gasteiger partial charge < -0.3 is 19.6 Å². The maximum atomic E-state index is 12.6. The van der Waals surface area contributed by atoms with Gasteiger partial charge in [-0.25, -0.2) is 4.79 Å². The largest absolute Gasteiger partial charge is 0.482 e. The van der Waals surface area contributed by atoms with Crippen molar-refractivity contribution < 1.29 is 19.4 Å². The lowest BCUT2D eigenvalue weighted by atomic mass is 10.1. The van der Waals surface area contributed by atoms with Crippen LogP contribution in [0.2, 0.25) is 5.02 Å². The van der Waals surface area contributed by atoms with Gasteiger partial charge in [-0.3, -0.25) is 4.79 Å². The number of benzene rings is 2. The molecule has 0 aliphatic carbocycles. The van der Waals surface area contributed by atoms with E-state index >= 15 is 0 Å². The topological polar surface area (TPSA) is 70.1 Å². The lowest BCUT2D eigenvalue weighted by molar-refractivity contribution is -0.139. The van der Waals surface area contributed by atoms with Crippen molar-refractivity contribution in [3.05, 3.63) is 59.1 Å². The van der Waals surface area contributed by atoms with Crippen molar-refractivity contribution in [1.29, 1.82) is 0 Å². The van der Waals surface area contributed by atoms with Crippen LogP contribution in [0.25, 0.3) is 0 Å². The van der Waals surface area contributed by atoms with E-state index in [4.69, 9.17) is 21.4 Å². The van der Waals surface area contributed by atoms with Crippen LogP contribution in [0.15, 0.2) is 48.5 Å².